The summed E-state index contributed by atoms with van der Waals surface area (Å²) in [6.45, 7) is 6.46. The number of hydrogen-bond acceptors (Lipinski definition) is 3. The molecule has 2 N–H and O–H groups in total. The molecule has 0 atom stereocenters. The molecule has 1 saturated heterocycles. The first-order valence-electron chi connectivity index (χ1n) is 6.68. The third kappa shape index (κ3) is 3.30. The summed E-state index contributed by atoms with van der Waals surface area (Å²) in [5.74, 6) is 1.56. The lowest BCUT2D eigenvalue weighted by atomic mass is 10.2. The van der Waals surface area contributed by atoms with E-state index in [1.807, 2.05) is 19.1 Å². The zero-order valence-corrected chi connectivity index (χ0v) is 11.7. The number of guanidine groups is 1. The van der Waals surface area contributed by atoms with Crippen molar-refractivity contribution >= 4 is 11.6 Å². The van der Waals surface area contributed by atoms with Crippen LogP contribution in [0, 0.1) is 0 Å². The van der Waals surface area contributed by atoms with Gasteiger partial charge in [0, 0.05) is 44.5 Å². The summed E-state index contributed by atoms with van der Waals surface area (Å²) in [5.41, 5.74) is 7.13. The van der Waals surface area contributed by atoms with E-state index in [0.29, 0.717) is 5.96 Å². The van der Waals surface area contributed by atoms with Gasteiger partial charge in [-0.15, -0.1) is 0 Å². The zero-order chi connectivity index (χ0) is 13.7. The fourth-order valence-corrected chi connectivity index (χ4v) is 2.26. The summed E-state index contributed by atoms with van der Waals surface area (Å²) in [6, 6.07) is 8.17. The van der Waals surface area contributed by atoms with Gasteiger partial charge >= 0.3 is 0 Å². The lowest BCUT2D eigenvalue weighted by Gasteiger charge is -2.36. The smallest absolute Gasteiger partial charge is 0.191 e. The number of methoxy groups -OCH3 is 1. The molecule has 1 fully saturated rings. The van der Waals surface area contributed by atoms with Gasteiger partial charge in [0.2, 0.25) is 0 Å². The second kappa shape index (κ2) is 6.31. The van der Waals surface area contributed by atoms with Crippen molar-refractivity contribution in [3.05, 3.63) is 24.3 Å². The number of rotatable bonds is 3. The predicted molar refractivity (Wildman–Crippen MR) is 78.9 cm³/mol. The van der Waals surface area contributed by atoms with Crippen LogP contribution in [0.15, 0.2) is 29.3 Å². The monoisotopic (exact) mass is 262 g/mol. The highest BCUT2D eigenvalue weighted by Crippen LogP contribution is 2.21. The maximum Gasteiger partial charge on any atom is 0.191 e. The van der Waals surface area contributed by atoms with Crippen molar-refractivity contribution in [1.29, 1.82) is 0 Å². The van der Waals surface area contributed by atoms with Crippen LogP contribution in [-0.2, 0) is 0 Å². The van der Waals surface area contributed by atoms with Gasteiger partial charge in [-0.1, -0.05) is 6.07 Å². The Morgan fingerprint density at radius 3 is 2.68 bits per heavy atom. The Hall–Kier alpha value is -1.91. The maximum absolute atomic E-state index is 5.93. The van der Waals surface area contributed by atoms with Crippen molar-refractivity contribution in [2.45, 2.75) is 6.92 Å². The fourth-order valence-electron chi connectivity index (χ4n) is 2.26. The van der Waals surface area contributed by atoms with Gasteiger partial charge in [-0.05, 0) is 19.1 Å². The molecular weight excluding hydrogens is 240 g/mol. The molecule has 5 nitrogen and oxygen atoms in total. The molecule has 1 aromatic rings. The summed E-state index contributed by atoms with van der Waals surface area (Å²) in [6.07, 6.45) is 0. The van der Waals surface area contributed by atoms with Crippen LogP contribution in [0.4, 0.5) is 5.69 Å². The highest BCUT2D eigenvalue weighted by Gasteiger charge is 2.18. The van der Waals surface area contributed by atoms with Crippen LogP contribution >= 0.6 is 0 Å². The largest absolute Gasteiger partial charge is 0.497 e. The number of anilines is 1. The quantitative estimate of drug-likeness (QED) is 0.656. The Labute approximate surface area is 114 Å². The first-order chi connectivity index (χ1) is 9.24. The van der Waals surface area contributed by atoms with E-state index < -0.39 is 0 Å². The Morgan fingerprint density at radius 1 is 1.32 bits per heavy atom. The van der Waals surface area contributed by atoms with Gasteiger partial charge in [0.25, 0.3) is 0 Å². The van der Waals surface area contributed by atoms with Crippen molar-refractivity contribution in [3.63, 3.8) is 0 Å². The molecule has 1 heterocycles. The Kier molecular flexibility index (Phi) is 4.49. The number of nitrogens with zero attached hydrogens (tertiary/aromatic N) is 3. The maximum atomic E-state index is 5.93. The van der Waals surface area contributed by atoms with Crippen LogP contribution < -0.4 is 15.4 Å². The highest BCUT2D eigenvalue weighted by atomic mass is 16.5. The molecule has 0 radical (unpaired) electrons. The van der Waals surface area contributed by atoms with E-state index in [1.165, 1.54) is 5.69 Å². The number of ether oxygens (including phenoxy) is 1. The molecule has 2 rings (SSSR count). The second-order valence-electron chi connectivity index (χ2n) is 4.51. The molecule has 0 spiro atoms. The molecule has 1 aliphatic rings. The summed E-state index contributed by atoms with van der Waals surface area (Å²) in [5, 5.41) is 0. The van der Waals surface area contributed by atoms with Gasteiger partial charge in [-0.3, -0.25) is 4.99 Å². The molecule has 19 heavy (non-hydrogen) atoms. The minimum atomic E-state index is 0.660. The molecule has 0 saturated carbocycles. The van der Waals surface area contributed by atoms with Crippen molar-refractivity contribution < 1.29 is 4.74 Å². The standard InChI is InChI=1S/C14H22N4O/c1-3-16-14(15)18-9-7-17(8-10-18)12-5-4-6-13(11-12)19-2/h4-6,11H,3,7-10H2,1-2H3,(H2,15,16). The van der Waals surface area contributed by atoms with Crippen LogP contribution in [-0.4, -0.2) is 50.7 Å². The Bertz CT molecular complexity index is 439. The van der Waals surface area contributed by atoms with Gasteiger partial charge in [0.15, 0.2) is 5.96 Å². The van der Waals surface area contributed by atoms with E-state index in [2.05, 4.69) is 26.9 Å². The number of nitrogens with two attached hydrogens (primary N) is 1. The van der Waals surface area contributed by atoms with Crippen molar-refractivity contribution in [2.24, 2.45) is 10.7 Å². The second-order valence-corrected chi connectivity index (χ2v) is 4.51. The van der Waals surface area contributed by atoms with Gasteiger partial charge in [0.05, 0.1) is 7.11 Å². The van der Waals surface area contributed by atoms with Gasteiger partial charge in [-0.2, -0.15) is 0 Å². The lowest BCUT2D eigenvalue weighted by Crippen LogP contribution is -2.51. The van der Waals surface area contributed by atoms with Crippen LogP contribution in [0.1, 0.15) is 6.92 Å². The molecular formula is C14H22N4O. The van der Waals surface area contributed by atoms with Crippen LogP contribution in [0.2, 0.25) is 0 Å². The summed E-state index contributed by atoms with van der Waals surface area (Å²) in [7, 11) is 1.69. The SMILES string of the molecule is CCN=C(N)N1CCN(c2cccc(OC)c2)CC1. The van der Waals surface area contributed by atoms with E-state index in [0.717, 1.165) is 38.5 Å². The third-order valence-corrected chi connectivity index (χ3v) is 3.34. The highest BCUT2D eigenvalue weighted by molar-refractivity contribution is 5.78. The minimum Gasteiger partial charge on any atom is -0.497 e. The number of hydrogen-bond donors (Lipinski definition) is 1. The topological polar surface area (TPSA) is 54.1 Å². The van der Waals surface area contributed by atoms with Crippen molar-refractivity contribution in [2.75, 3.05) is 44.7 Å². The predicted octanol–water partition coefficient (Wildman–Crippen LogP) is 1.15. The zero-order valence-electron chi connectivity index (χ0n) is 11.7. The van der Waals surface area contributed by atoms with E-state index in [9.17, 15) is 0 Å². The Morgan fingerprint density at radius 2 is 2.05 bits per heavy atom. The van der Waals surface area contributed by atoms with Gasteiger partial charge < -0.3 is 20.3 Å². The molecule has 0 bridgehead atoms. The van der Waals surface area contributed by atoms with E-state index >= 15 is 0 Å². The number of aliphatic imine (C=N–C) groups is 1. The van der Waals surface area contributed by atoms with Crippen LogP contribution in [0.5, 0.6) is 5.75 Å². The summed E-state index contributed by atoms with van der Waals surface area (Å²) >= 11 is 0. The van der Waals surface area contributed by atoms with Crippen LogP contribution in [0.3, 0.4) is 0 Å². The molecule has 0 aliphatic carbocycles. The van der Waals surface area contributed by atoms with Gasteiger partial charge in [0.1, 0.15) is 5.75 Å². The molecule has 1 aliphatic heterocycles. The number of benzene rings is 1. The molecule has 1 aromatic carbocycles. The van der Waals surface area contributed by atoms with Gasteiger partial charge in [-0.25, -0.2) is 0 Å². The van der Waals surface area contributed by atoms with E-state index in [-0.39, 0.29) is 0 Å². The Balaban J connectivity index is 1.97. The average Bonchev–Trinajstić information content (AvgIpc) is 2.48. The molecule has 0 aromatic heterocycles. The molecule has 5 heteroatoms. The minimum absolute atomic E-state index is 0.660. The van der Waals surface area contributed by atoms with Crippen molar-refractivity contribution in [1.82, 2.24) is 4.90 Å². The normalized spacial score (nSPS) is 16.6. The third-order valence-electron chi connectivity index (χ3n) is 3.34. The van der Waals surface area contributed by atoms with E-state index in [1.54, 1.807) is 7.11 Å². The fraction of sp³-hybridized carbons (Fsp3) is 0.500. The molecule has 104 valence electrons. The molecule has 0 amide bonds. The van der Waals surface area contributed by atoms with E-state index in [4.69, 9.17) is 10.5 Å². The average molecular weight is 262 g/mol. The number of piperazine rings is 1. The summed E-state index contributed by atoms with van der Waals surface area (Å²) in [4.78, 5) is 8.74. The first-order valence-corrected chi connectivity index (χ1v) is 6.68. The van der Waals surface area contributed by atoms with Crippen molar-refractivity contribution in [3.8, 4) is 5.75 Å². The first kappa shape index (κ1) is 13.5. The van der Waals surface area contributed by atoms with Crippen LogP contribution in [0.25, 0.3) is 0 Å². The lowest BCUT2D eigenvalue weighted by molar-refractivity contribution is 0.380. The molecule has 0 unspecified atom stereocenters. The summed E-state index contributed by atoms with van der Waals surface area (Å²) < 4.78 is 5.26.